The molecule has 1 aliphatic carbocycles. The van der Waals surface area contributed by atoms with Gasteiger partial charge in [0.2, 0.25) is 11.2 Å². The third-order valence-corrected chi connectivity index (χ3v) is 2.51. The highest BCUT2D eigenvalue weighted by molar-refractivity contribution is 6.28. The van der Waals surface area contributed by atoms with Gasteiger partial charge in [-0.25, -0.2) is 0 Å². The van der Waals surface area contributed by atoms with Gasteiger partial charge < -0.3 is 9.64 Å². The molecule has 0 aliphatic heterocycles. The van der Waals surface area contributed by atoms with Crippen molar-refractivity contribution in [3.05, 3.63) is 5.28 Å². The minimum Gasteiger partial charge on any atom is -0.467 e. The molecule has 0 bridgehead atoms. The Hall–Kier alpha value is -1.10. The molecule has 0 spiro atoms. The Morgan fingerprint density at radius 3 is 2.67 bits per heavy atom. The number of ether oxygens (including phenoxy) is 1. The first-order chi connectivity index (χ1) is 7.24. The van der Waals surface area contributed by atoms with Crippen LogP contribution in [0.3, 0.4) is 0 Å². The van der Waals surface area contributed by atoms with E-state index in [4.69, 9.17) is 16.3 Å². The number of methoxy groups -OCH3 is 1. The van der Waals surface area contributed by atoms with Crippen LogP contribution >= 0.6 is 11.6 Å². The molecule has 0 saturated heterocycles. The summed E-state index contributed by atoms with van der Waals surface area (Å²) in [6.45, 7) is 2.94. The van der Waals surface area contributed by atoms with E-state index in [1.165, 1.54) is 20.0 Å². The monoisotopic (exact) mass is 228 g/mol. The number of rotatable bonds is 4. The number of hydrogen-bond acceptors (Lipinski definition) is 5. The molecule has 1 saturated carbocycles. The van der Waals surface area contributed by atoms with Gasteiger partial charge in [0.15, 0.2) is 0 Å². The van der Waals surface area contributed by atoms with Gasteiger partial charge in [-0.3, -0.25) is 0 Å². The minimum absolute atomic E-state index is 0.177. The normalized spacial score (nSPS) is 15.1. The molecule has 1 aliphatic rings. The quantitative estimate of drug-likeness (QED) is 0.782. The molecule has 1 heterocycles. The summed E-state index contributed by atoms with van der Waals surface area (Å²) in [6, 6.07) is 0.822. The summed E-state index contributed by atoms with van der Waals surface area (Å²) in [5, 5.41) is 0.177. The van der Waals surface area contributed by atoms with Crippen molar-refractivity contribution < 1.29 is 4.74 Å². The van der Waals surface area contributed by atoms with Crippen LogP contribution < -0.4 is 9.64 Å². The Balaban J connectivity index is 2.28. The Labute approximate surface area is 93.5 Å². The molecule has 0 N–H and O–H groups in total. The van der Waals surface area contributed by atoms with Gasteiger partial charge in [-0.2, -0.15) is 15.0 Å². The summed E-state index contributed by atoms with van der Waals surface area (Å²) in [6.07, 6.45) is 2.39. The zero-order valence-electron chi connectivity index (χ0n) is 8.77. The smallest absolute Gasteiger partial charge is 0.322 e. The number of nitrogens with zero attached hydrogens (tertiary/aromatic N) is 4. The van der Waals surface area contributed by atoms with E-state index in [1.54, 1.807) is 0 Å². The van der Waals surface area contributed by atoms with Crippen molar-refractivity contribution in [3.8, 4) is 6.01 Å². The maximum atomic E-state index is 5.79. The van der Waals surface area contributed by atoms with E-state index in [9.17, 15) is 0 Å². The summed E-state index contributed by atoms with van der Waals surface area (Å²) < 4.78 is 4.96. The minimum atomic E-state index is 0.177. The van der Waals surface area contributed by atoms with E-state index < -0.39 is 0 Å². The molecule has 1 fully saturated rings. The van der Waals surface area contributed by atoms with E-state index in [-0.39, 0.29) is 11.3 Å². The Morgan fingerprint density at radius 1 is 1.40 bits per heavy atom. The van der Waals surface area contributed by atoms with Crippen LogP contribution in [0.1, 0.15) is 19.8 Å². The second-order valence-corrected chi connectivity index (χ2v) is 3.75. The van der Waals surface area contributed by atoms with Gasteiger partial charge in [-0.1, -0.05) is 0 Å². The van der Waals surface area contributed by atoms with Crippen molar-refractivity contribution in [2.45, 2.75) is 25.8 Å². The van der Waals surface area contributed by atoms with E-state index in [0.29, 0.717) is 12.0 Å². The highest BCUT2D eigenvalue weighted by Crippen LogP contribution is 2.30. The van der Waals surface area contributed by atoms with Gasteiger partial charge in [0.05, 0.1) is 7.11 Å². The zero-order chi connectivity index (χ0) is 10.8. The topological polar surface area (TPSA) is 51.1 Å². The summed E-state index contributed by atoms with van der Waals surface area (Å²) in [5.41, 5.74) is 0. The van der Waals surface area contributed by atoms with E-state index in [2.05, 4.69) is 26.8 Å². The molecule has 6 heteroatoms. The maximum absolute atomic E-state index is 5.79. The standard InChI is InChI=1S/C9H13ClN4O/c1-3-14(6-4-5-6)8-11-7(10)12-9(13-8)15-2/h6H,3-5H2,1-2H3. The lowest BCUT2D eigenvalue weighted by Gasteiger charge is -2.19. The molecule has 0 amide bonds. The SMILES string of the molecule is CCN(c1nc(Cl)nc(OC)n1)C1CC1. The first-order valence-electron chi connectivity index (χ1n) is 4.96. The summed E-state index contributed by atoms with van der Waals surface area (Å²) >= 11 is 5.79. The third kappa shape index (κ3) is 2.28. The molecule has 2 rings (SSSR count). The summed E-state index contributed by atoms with van der Waals surface area (Å²) in [4.78, 5) is 14.2. The number of anilines is 1. The second kappa shape index (κ2) is 4.18. The molecule has 0 atom stereocenters. The van der Waals surface area contributed by atoms with E-state index in [1.807, 2.05) is 0 Å². The van der Waals surface area contributed by atoms with Crippen molar-refractivity contribution in [1.29, 1.82) is 0 Å². The molecule has 1 aromatic rings. The number of hydrogen-bond donors (Lipinski definition) is 0. The van der Waals surface area contributed by atoms with Gasteiger partial charge in [-0.15, -0.1) is 0 Å². The maximum Gasteiger partial charge on any atom is 0.322 e. The fraction of sp³-hybridized carbons (Fsp3) is 0.667. The van der Waals surface area contributed by atoms with Crippen molar-refractivity contribution in [2.24, 2.45) is 0 Å². The molecular formula is C9H13ClN4O. The third-order valence-electron chi connectivity index (χ3n) is 2.34. The summed E-state index contributed by atoms with van der Waals surface area (Å²) in [5.74, 6) is 0.608. The van der Waals surface area contributed by atoms with Gasteiger partial charge >= 0.3 is 6.01 Å². The van der Waals surface area contributed by atoms with Crippen molar-refractivity contribution in [1.82, 2.24) is 15.0 Å². The first kappa shape index (κ1) is 10.4. The van der Waals surface area contributed by atoms with Crippen LogP contribution in [0.4, 0.5) is 5.95 Å². The van der Waals surface area contributed by atoms with Crippen molar-refractivity contribution in [3.63, 3.8) is 0 Å². The molecule has 5 nitrogen and oxygen atoms in total. The number of halogens is 1. The van der Waals surface area contributed by atoms with Crippen LogP contribution in [0.15, 0.2) is 0 Å². The highest BCUT2D eigenvalue weighted by Gasteiger charge is 2.30. The molecule has 0 aromatic carbocycles. The second-order valence-electron chi connectivity index (χ2n) is 3.41. The lowest BCUT2D eigenvalue weighted by Crippen LogP contribution is -2.27. The van der Waals surface area contributed by atoms with Crippen LogP contribution in [0, 0.1) is 0 Å². The molecule has 0 unspecified atom stereocenters. The lowest BCUT2D eigenvalue weighted by atomic mass is 10.5. The fourth-order valence-electron chi connectivity index (χ4n) is 1.49. The van der Waals surface area contributed by atoms with Crippen LogP contribution in [0.25, 0.3) is 0 Å². The lowest BCUT2D eigenvalue weighted by molar-refractivity contribution is 0.378. The van der Waals surface area contributed by atoms with Crippen molar-refractivity contribution >= 4 is 17.5 Å². The summed E-state index contributed by atoms with van der Waals surface area (Å²) in [7, 11) is 1.52. The van der Waals surface area contributed by atoms with Crippen LogP contribution in [-0.4, -0.2) is 34.6 Å². The Bertz CT molecular complexity index is 356. The van der Waals surface area contributed by atoms with Gasteiger partial charge in [0.1, 0.15) is 0 Å². The molecule has 1 aromatic heterocycles. The molecular weight excluding hydrogens is 216 g/mol. The number of aromatic nitrogens is 3. The van der Waals surface area contributed by atoms with Crippen LogP contribution in [0.5, 0.6) is 6.01 Å². The Kier molecular flexibility index (Phi) is 2.90. The Morgan fingerprint density at radius 2 is 2.13 bits per heavy atom. The van der Waals surface area contributed by atoms with Gasteiger partial charge in [-0.05, 0) is 31.4 Å². The van der Waals surface area contributed by atoms with Crippen LogP contribution in [0.2, 0.25) is 5.28 Å². The van der Waals surface area contributed by atoms with E-state index in [0.717, 1.165) is 6.54 Å². The van der Waals surface area contributed by atoms with E-state index >= 15 is 0 Å². The average Bonchev–Trinajstić information content (AvgIpc) is 3.02. The van der Waals surface area contributed by atoms with Crippen molar-refractivity contribution in [2.75, 3.05) is 18.6 Å². The largest absolute Gasteiger partial charge is 0.467 e. The van der Waals surface area contributed by atoms with Gasteiger partial charge in [0.25, 0.3) is 0 Å². The average molecular weight is 229 g/mol. The first-order valence-corrected chi connectivity index (χ1v) is 5.34. The van der Waals surface area contributed by atoms with Crippen LogP contribution in [-0.2, 0) is 0 Å². The molecule has 82 valence electrons. The zero-order valence-corrected chi connectivity index (χ0v) is 9.53. The predicted octanol–water partition coefficient (Wildman–Crippen LogP) is 1.52. The predicted molar refractivity (Wildman–Crippen MR) is 57.4 cm³/mol. The van der Waals surface area contributed by atoms with Gasteiger partial charge in [0, 0.05) is 12.6 Å². The molecule has 15 heavy (non-hydrogen) atoms. The molecule has 0 radical (unpaired) electrons. The highest BCUT2D eigenvalue weighted by atomic mass is 35.5. The fourth-order valence-corrected chi connectivity index (χ4v) is 1.64.